The molecule has 2 aliphatic rings. The molecular weight excluding hydrogens is 320 g/mol. The fourth-order valence-electron chi connectivity index (χ4n) is 3.88. The number of amides is 1. The molecule has 6 heteroatoms. The van der Waals surface area contributed by atoms with Crippen molar-refractivity contribution in [2.24, 2.45) is 5.92 Å². The molecule has 2 N–H and O–H groups in total. The average molecular weight is 346 g/mol. The maximum atomic E-state index is 12.5. The van der Waals surface area contributed by atoms with E-state index in [1.807, 2.05) is 39.8 Å². The van der Waals surface area contributed by atoms with Crippen LogP contribution in [-0.4, -0.2) is 35.0 Å². The molecule has 3 rings (SSSR count). The van der Waals surface area contributed by atoms with Gasteiger partial charge in [0.05, 0.1) is 18.9 Å². The molecule has 0 saturated heterocycles. The number of hydrogen-bond donors (Lipinski definition) is 2. The standard InChI is InChI=1S/C19H26N2O4/c1-11-8-12-9-14-13(6-7-15(20-14)24-5)19(10-11,16(12)22)21-17(23)25-18(2,3)4/h6-7,10,12,16,22H,8-9H2,1-5H3,(H,21,23)/t12?,16-,19-/m0/s1. The monoisotopic (exact) mass is 346 g/mol. The molecule has 2 aliphatic carbocycles. The second kappa shape index (κ2) is 6.02. The molecule has 1 aromatic rings. The molecule has 1 heterocycles. The number of nitrogens with one attached hydrogen (secondary N) is 1. The first-order chi connectivity index (χ1) is 11.6. The van der Waals surface area contributed by atoms with Crippen molar-refractivity contribution < 1.29 is 19.4 Å². The predicted molar refractivity (Wildman–Crippen MR) is 93.4 cm³/mol. The molecule has 2 bridgehead atoms. The maximum Gasteiger partial charge on any atom is 0.408 e. The normalized spacial score (nSPS) is 27.8. The van der Waals surface area contributed by atoms with E-state index in [1.54, 1.807) is 13.2 Å². The number of pyridine rings is 1. The van der Waals surface area contributed by atoms with Gasteiger partial charge >= 0.3 is 6.09 Å². The van der Waals surface area contributed by atoms with Gasteiger partial charge in [-0.1, -0.05) is 11.6 Å². The lowest BCUT2D eigenvalue weighted by atomic mass is 9.65. The van der Waals surface area contributed by atoms with Crippen molar-refractivity contribution in [3.05, 3.63) is 35.0 Å². The summed E-state index contributed by atoms with van der Waals surface area (Å²) in [4.78, 5) is 17.0. The Kier molecular flexibility index (Phi) is 4.27. The molecule has 0 aromatic carbocycles. The van der Waals surface area contributed by atoms with Gasteiger partial charge in [0, 0.05) is 11.6 Å². The van der Waals surface area contributed by atoms with E-state index in [-0.39, 0.29) is 5.92 Å². The summed E-state index contributed by atoms with van der Waals surface area (Å²) in [6.07, 6.45) is 2.07. The fourth-order valence-corrected chi connectivity index (χ4v) is 3.88. The summed E-state index contributed by atoms with van der Waals surface area (Å²) in [6, 6.07) is 3.62. The first kappa shape index (κ1) is 17.7. The van der Waals surface area contributed by atoms with E-state index in [1.165, 1.54) is 0 Å². The topological polar surface area (TPSA) is 80.7 Å². The fraction of sp³-hybridized carbons (Fsp3) is 0.579. The summed E-state index contributed by atoms with van der Waals surface area (Å²) in [7, 11) is 1.58. The zero-order valence-electron chi connectivity index (χ0n) is 15.4. The van der Waals surface area contributed by atoms with E-state index in [4.69, 9.17) is 9.47 Å². The van der Waals surface area contributed by atoms with E-state index in [0.29, 0.717) is 12.3 Å². The second-order valence-corrected chi connectivity index (χ2v) is 7.95. The minimum absolute atomic E-state index is 0.00737. The van der Waals surface area contributed by atoms with Gasteiger partial charge in [-0.05, 0) is 52.5 Å². The minimum Gasteiger partial charge on any atom is -0.481 e. The third-order valence-corrected chi connectivity index (χ3v) is 4.74. The van der Waals surface area contributed by atoms with E-state index in [9.17, 15) is 9.90 Å². The van der Waals surface area contributed by atoms with Gasteiger partial charge in [0.1, 0.15) is 11.1 Å². The first-order valence-electron chi connectivity index (χ1n) is 8.56. The predicted octanol–water partition coefficient (Wildman–Crippen LogP) is 2.69. The van der Waals surface area contributed by atoms with Crippen molar-refractivity contribution >= 4 is 6.09 Å². The quantitative estimate of drug-likeness (QED) is 0.805. The van der Waals surface area contributed by atoms with Gasteiger partial charge in [-0.15, -0.1) is 0 Å². The number of carbonyl (C=O) groups is 1. The van der Waals surface area contributed by atoms with E-state index in [0.717, 1.165) is 23.3 Å². The highest BCUT2D eigenvalue weighted by molar-refractivity contribution is 5.71. The molecule has 3 atom stereocenters. The number of alkyl carbamates (subject to hydrolysis) is 1. The number of carbonyl (C=O) groups excluding carboxylic acids is 1. The zero-order chi connectivity index (χ0) is 18.4. The van der Waals surface area contributed by atoms with Crippen LogP contribution in [-0.2, 0) is 16.7 Å². The largest absolute Gasteiger partial charge is 0.481 e. The van der Waals surface area contributed by atoms with Crippen LogP contribution in [0, 0.1) is 5.92 Å². The average Bonchev–Trinajstić information content (AvgIpc) is 2.48. The molecule has 1 unspecified atom stereocenters. The van der Waals surface area contributed by atoms with Crippen LogP contribution in [0.15, 0.2) is 23.8 Å². The molecule has 1 amide bonds. The molecular formula is C19H26N2O4. The molecule has 6 nitrogen and oxygen atoms in total. The number of methoxy groups -OCH3 is 1. The van der Waals surface area contributed by atoms with Gasteiger partial charge in [-0.2, -0.15) is 0 Å². The van der Waals surface area contributed by atoms with Crippen LogP contribution in [0.1, 0.15) is 45.4 Å². The van der Waals surface area contributed by atoms with E-state index in [2.05, 4.69) is 10.3 Å². The summed E-state index contributed by atoms with van der Waals surface area (Å²) in [5, 5.41) is 13.9. The van der Waals surface area contributed by atoms with Gasteiger partial charge in [-0.3, -0.25) is 0 Å². The highest BCUT2D eigenvalue weighted by Gasteiger charge is 2.51. The molecule has 0 saturated carbocycles. The Balaban J connectivity index is 2.07. The molecule has 0 aliphatic heterocycles. The Morgan fingerprint density at radius 1 is 1.36 bits per heavy atom. The molecule has 0 fully saturated rings. The summed E-state index contributed by atoms with van der Waals surface area (Å²) in [5.74, 6) is 0.522. The van der Waals surface area contributed by atoms with Crippen LogP contribution in [0.2, 0.25) is 0 Å². The minimum atomic E-state index is -1.03. The SMILES string of the molecule is COc1ccc2c(n1)CC1CC(C)=C[C@@]2(NC(=O)OC(C)(C)C)[C@H]1O. The number of nitrogens with zero attached hydrogens (tertiary/aromatic N) is 1. The second-order valence-electron chi connectivity index (χ2n) is 7.95. The van der Waals surface area contributed by atoms with Crippen molar-refractivity contribution in [1.29, 1.82) is 0 Å². The van der Waals surface area contributed by atoms with Gasteiger partial charge in [0.25, 0.3) is 0 Å². The van der Waals surface area contributed by atoms with Gasteiger partial charge in [0.15, 0.2) is 0 Å². The number of hydrogen-bond acceptors (Lipinski definition) is 5. The summed E-state index contributed by atoms with van der Waals surface area (Å²) in [6.45, 7) is 7.46. The smallest absolute Gasteiger partial charge is 0.408 e. The van der Waals surface area contributed by atoms with Crippen LogP contribution in [0.3, 0.4) is 0 Å². The van der Waals surface area contributed by atoms with Crippen molar-refractivity contribution in [1.82, 2.24) is 10.3 Å². The number of rotatable bonds is 2. The molecule has 1 aromatic heterocycles. The Labute approximate surface area is 148 Å². The lowest BCUT2D eigenvalue weighted by Crippen LogP contribution is -2.60. The lowest BCUT2D eigenvalue weighted by Gasteiger charge is -2.48. The van der Waals surface area contributed by atoms with Crippen LogP contribution >= 0.6 is 0 Å². The van der Waals surface area contributed by atoms with E-state index < -0.39 is 23.3 Å². The van der Waals surface area contributed by atoms with Crippen LogP contribution in [0.4, 0.5) is 4.79 Å². The maximum absolute atomic E-state index is 12.5. The Morgan fingerprint density at radius 3 is 2.72 bits per heavy atom. The van der Waals surface area contributed by atoms with Crippen LogP contribution in [0.5, 0.6) is 5.88 Å². The Bertz CT molecular complexity index is 723. The number of allylic oxidation sites excluding steroid dienone is 1. The van der Waals surface area contributed by atoms with Crippen molar-refractivity contribution in [2.75, 3.05) is 7.11 Å². The number of fused-ring (bicyclic) bond motifs is 4. The van der Waals surface area contributed by atoms with Crippen LogP contribution in [0.25, 0.3) is 0 Å². The van der Waals surface area contributed by atoms with E-state index >= 15 is 0 Å². The van der Waals surface area contributed by atoms with Crippen molar-refractivity contribution in [3.63, 3.8) is 0 Å². The van der Waals surface area contributed by atoms with Crippen LogP contribution < -0.4 is 10.1 Å². The molecule has 0 radical (unpaired) electrons. The van der Waals surface area contributed by atoms with Gasteiger partial charge in [0.2, 0.25) is 5.88 Å². The number of aromatic nitrogens is 1. The zero-order valence-corrected chi connectivity index (χ0v) is 15.4. The third-order valence-electron chi connectivity index (χ3n) is 4.74. The molecule has 0 spiro atoms. The number of aliphatic hydroxyl groups excluding tert-OH is 1. The van der Waals surface area contributed by atoms with Crippen molar-refractivity contribution in [2.45, 2.75) is 57.8 Å². The van der Waals surface area contributed by atoms with Crippen molar-refractivity contribution in [3.8, 4) is 5.88 Å². The summed E-state index contributed by atoms with van der Waals surface area (Å²) >= 11 is 0. The highest BCUT2D eigenvalue weighted by Crippen LogP contribution is 2.46. The third kappa shape index (κ3) is 3.23. The van der Waals surface area contributed by atoms with Gasteiger partial charge in [-0.25, -0.2) is 9.78 Å². The molecule has 25 heavy (non-hydrogen) atoms. The molecule has 136 valence electrons. The first-order valence-corrected chi connectivity index (χ1v) is 8.56. The lowest BCUT2D eigenvalue weighted by molar-refractivity contribution is -0.00130. The number of ether oxygens (including phenoxy) is 2. The Morgan fingerprint density at radius 2 is 2.08 bits per heavy atom. The number of aliphatic hydroxyl groups is 1. The summed E-state index contributed by atoms with van der Waals surface area (Å²) < 4.78 is 10.7. The summed E-state index contributed by atoms with van der Waals surface area (Å²) in [5.41, 5.74) is 1.13. The van der Waals surface area contributed by atoms with Gasteiger partial charge < -0.3 is 19.9 Å². The Hall–Kier alpha value is -2.08. The highest BCUT2D eigenvalue weighted by atomic mass is 16.6.